The average molecular weight is 434 g/mol. The Kier molecular flexibility index (Phi) is 7.46. The first-order chi connectivity index (χ1) is 15.1. The normalized spacial score (nSPS) is 29.9. The van der Waals surface area contributed by atoms with Gasteiger partial charge in [-0.1, -0.05) is 19.1 Å². The molecule has 0 unspecified atom stereocenters. The quantitative estimate of drug-likeness (QED) is 0.670. The highest BCUT2D eigenvalue weighted by Crippen LogP contribution is 2.47. The van der Waals surface area contributed by atoms with Crippen molar-refractivity contribution in [3.05, 3.63) is 30.1 Å². The van der Waals surface area contributed by atoms with Crippen molar-refractivity contribution in [2.45, 2.75) is 38.6 Å². The van der Waals surface area contributed by atoms with E-state index >= 15 is 0 Å². The summed E-state index contributed by atoms with van der Waals surface area (Å²) in [5.41, 5.74) is -0.324. The molecule has 0 radical (unpaired) electrons. The van der Waals surface area contributed by atoms with Crippen LogP contribution in [0.3, 0.4) is 0 Å². The summed E-state index contributed by atoms with van der Waals surface area (Å²) in [7, 11) is 0. The van der Waals surface area contributed by atoms with Crippen molar-refractivity contribution >= 4 is 5.91 Å². The molecule has 0 spiro atoms. The number of amides is 1. The fourth-order valence-electron chi connectivity index (χ4n) is 5.70. The molecule has 0 bridgehead atoms. The summed E-state index contributed by atoms with van der Waals surface area (Å²) in [6.45, 7) is 9.36. The van der Waals surface area contributed by atoms with E-state index in [1.165, 1.54) is 6.07 Å². The Hall–Kier alpha value is -1.70. The zero-order valence-electron chi connectivity index (χ0n) is 18.7. The maximum atomic E-state index is 13.7. The summed E-state index contributed by atoms with van der Waals surface area (Å²) in [5.74, 6) is 0.408. The maximum Gasteiger partial charge on any atom is 0.227 e. The number of hydrogen-bond donors (Lipinski definition) is 1. The highest BCUT2D eigenvalue weighted by atomic mass is 19.1. The van der Waals surface area contributed by atoms with E-state index in [9.17, 15) is 9.18 Å². The second kappa shape index (κ2) is 10.3. The number of nitrogens with one attached hydrogen (secondary N) is 1. The van der Waals surface area contributed by atoms with Crippen LogP contribution in [0.1, 0.15) is 32.6 Å². The minimum absolute atomic E-state index is 0.146. The first-order valence-corrected chi connectivity index (χ1v) is 11.8. The number of hydrogen-bond acceptors (Lipinski definition) is 5. The Morgan fingerprint density at radius 1 is 1.26 bits per heavy atom. The molecule has 2 aliphatic heterocycles. The van der Waals surface area contributed by atoms with Gasteiger partial charge < -0.3 is 19.7 Å². The van der Waals surface area contributed by atoms with E-state index in [0.717, 1.165) is 71.6 Å². The fourth-order valence-corrected chi connectivity index (χ4v) is 5.70. The largest absolute Gasteiger partial charge is 0.489 e. The van der Waals surface area contributed by atoms with Gasteiger partial charge in [0.2, 0.25) is 5.91 Å². The number of ether oxygens (including phenoxy) is 2. The van der Waals surface area contributed by atoms with Gasteiger partial charge in [0, 0.05) is 25.7 Å². The summed E-state index contributed by atoms with van der Waals surface area (Å²) in [4.78, 5) is 18.5. The number of benzene rings is 1. The second-order valence-electron chi connectivity index (χ2n) is 9.12. The lowest BCUT2D eigenvalue weighted by Gasteiger charge is -2.53. The van der Waals surface area contributed by atoms with E-state index < -0.39 is 0 Å². The first kappa shape index (κ1) is 22.5. The molecule has 1 amide bonds. The van der Waals surface area contributed by atoms with Gasteiger partial charge in [-0.2, -0.15) is 0 Å². The summed E-state index contributed by atoms with van der Waals surface area (Å²) in [6.07, 6.45) is 4.16. The Morgan fingerprint density at radius 2 is 2.06 bits per heavy atom. The molecule has 2 heterocycles. The number of fused-ring (bicyclic) bond motifs is 1. The van der Waals surface area contributed by atoms with Gasteiger partial charge in [0.05, 0.1) is 25.2 Å². The van der Waals surface area contributed by atoms with Crippen molar-refractivity contribution in [3.63, 3.8) is 0 Å². The third kappa shape index (κ3) is 5.04. The molecular formula is C24H36FN3O3. The molecule has 1 aliphatic carbocycles. The van der Waals surface area contributed by atoms with Crippen molar-refractivity contribution < 1.29 is 18.7 Å². The van der Waals surface area contributed by atoms with Crippen molar-refractivity contribution in [1.82, 2.24) is 15.1 Å². The van der Waals surface area contributed by atoms with Crippen LogP contribution >= 0.6 is 0 Å². The number of piperidine rings is 1. The lowest BCUT2D eigenvalue weighted by atomic mass is 9.61. The van der Waals surface area contributed by atoms with Gasteiger partial charge in [0.25, 0.3) is 0 Å². The minimum atomic E-state index is -0.375. The molecule has 0 aromatic heterocycles. The molecule has 3 fully saturated rings. The number of likely N-dealkylation sites (tertiary alicyclic amines) is 1. The molecule has 172 valence electrons. The van der Waals surface area contributed by atoms with Crippen molar-refractivity contribution in [3.8, 4) is 5.75 Å². The highest BCUT2D eigenvalue weighted by molar-refractivity contribution is 5.83. The van der Waals surface area contributed by atoms with Crippen LogP contribution in [0.25, 0.3) is 0 Å². The number of para-hydroxylation sites is 1. The maximum absolute atomic E-state index is 13.7. The highest BCUT2D eigenvalue weighted by Gasteiger charge is 2.52. The number of carbonyl (C=O) groups excluding carboxylic acids is 1. The van der Waals surface area contributed by atoms with Crippen LogP contribution in [0.15, 0.2) is 24.3 Å². The van der Waals surface area contributed by atoms with Gasteiger partial charge in [-0.25, -0.2) is 4.39 Å². The predicted molar refractivity (Wildman–Crippen MR) is 118 cm³/mol. The van der Waals surface area contributed by atoms with Crippen molar-refractivity contribution in [2.75, 3.05) is 59.1 Å². The van der Waals surface area contributed by atoms with Gasteiger partial charge in [-0.05, 0) is 56.8 Å². The molecular weight excluding hydrogens is 397 g/mol. The molecule has 1 aromatic rings. The van der Waals surface area contributed by atoms with Crippen LogP contribution in [0.4, 0.5) is 4.39 Å². The van der Waals surface area contributed by atoms with Gasteiger partial charge in [-0.3, -0.25) is 9.69 Å². The van der Waals surface area contributed by atoms with Crippen LogP contribution in [0.5, 0.6) is 5.75 Å². The topological polar surface area (TPSA) is 54.0 Å². The zero-order chi connectivity index (χ0) is 21.7. The Morgan fingerprint density at radius 3 is 2.84 bits per heavy atom. The Labute approximate surface area is 185 Å². The Balaban J connectivity index is 1.36. The zero-order valence-corrected chi connectivity index (χ0v) is 18.7. The number of carbonyl (C=O) groups is 1. The summed E-state index contributed by atoms with van der Waals surface area (Å²) in [6, 6.07) is 6.94. The van der Waals surface area contributed by atoms with E-state index in [2.05, 4.69) is 22.0 Å². The molecule has 4 rings (SSSR count). The number of nitrogens with zero attached hydrogens (tertiary/aromatic N) is 2. The van der Waals surface area contributed by atoms with E-state index in [1.807, 2.05) is 0 Å². The van der Waals surface area contributed by atoms with Gasteiger partial charge in [-0.15, -0.1) is 0 Å². The lowest BCUT2D eigenvalue weighted by Crippen LogP contribution is -2.61. The molecule has 31 heavy (non-hydrogen) atoms. The molecule has 1 aromatic carbocycles. The Bertz CT molecular complexity index is 743. The first-order valence-electron chi connectivity index (χ1n) is 11.8. The molecule has 2 saturated heterocycles. The van der Waals surface area contributed by atoms with E-state index in [4.69, 9.17) is 9.47 Å². The molecule has 3 aliphatic rings. The van der Waals surface area contributed by atoms with Crippen LogP contribution < -0.4 is 10.1 Å². The van der Waals surface area contributed by atoms with Crippen molar-refractivity contribution in [1.29, 1.82) is 0 Å². The van der Waals surface area contributed by atoms with Crippen LogP contribution in [0.2, 0.25) is 0 Å². The molecule has 1 N–H and O–H groups in total. The van der Waals surface area contributed by atoms with E-state index in [1.54, 1.807) is 18.2 Å². The third-order valence-electron chi connectivity index (χ3n) is 7.50. The van der Waals surface area contributed by atoms with Crippen molar-refractivity contribution in [2.24, 2.45) is 11.3 Å². The van der Waals surface area contributed by atoms with E-state index in [0.29, 0.717) is 18.5 Å². The predicted octanol–water partition coefficient (Wildman–Crippen LogP) is 2.53. The van der Waals surface area contributed by atoms with Gasteiger partial charge in [0.15, 0.2) is 11.6 Å². The SMILES string of the molecule is CCN1CC[C@@H]2C[C@@H](N3CCOCC3)CC[C@@]2(C(=O)NCCOc2ccccc2F)C1. The molecule has 7 heteroatoms. The average Bonchev–Trinajstić information content (AvgIpc) is 2.82. The lowest BCUT2D eigenvalue weighted by molar-refractivity contribution is -0.145. The number of rotatable bonds is 7. The summed E-state index contributed by atoms with van der Waals surface area (Å²) in [5, 5.41) is 3.12. The summed E-state index contributed by atoms with van der Waals surface area (Å²) < 4.78 is 24.8. The fraction of sp³-hybridized carbons (Fsp3) is 0.708. The molecule has 6 nitrogen and oxygen atoms in total. The second-order valence-corrected chi connectivity index (χ2v) is 9.12. The van der Waals surface area contributed by atoms with Crippen LogP contribution in [-0.2, 0) is 9.53 Å². The van der Waals surface area contributed by atoms with Gasteiger partial charge >= 0.3 is 0 Å². The number of morpholine rings is 1. The number of halogens is 1. The standard InChI is InChI=1S/C24H36FN3O3/c1-2-27-11-8-19-17-20(28-12-15-30-16-13-28)7-9-24(19,18-27)23(29)26-10-14-31-22-6-4-3-5-21(22)25/h3-6,19-20H,2,7-18H2,1H3,(H,26,29)/t19-,20+,24-/m1/s1. The third-order valence-corrected chi connectivity index (χ3v) is 7.50. The smallest absolute Gasteiger partial charge is 0.227 e. The van der Waals surface area contributed by atoms with E-state index in [-0.39, 0.29) is 29.5 Å². The minimum Gasteiger partial charge on any atom is -0.489 e. The summed E-state index contributed by atoms with van der Waals surface area (Å²) >= 11 is 0. The van der Waals surface area contributed by atoms with Crippen LogP contribution in [0, 0.1) is 17.2 Å². The van der Waals surface area contributed by atoms with Gasteiger partial charge in [0.1, 0.15) is 6.61 Å². The monoisotopic (exact) mass is 433 g/mol. The molecule has 3 atom stereocenters. The molecule has 1 saturated carbocycles. The van der Waals surface area contributed by atoms with Crippen LogP contribution in [-0.4, -0.2) is 80.8 Å².